The van der Waals surface area contributed by atoms with Crippen molar-refractivity contribution in [3.8, 4) is 0 Å². The second kappa shape index (κ2) is 6.48. The van der Waals surface area contributed by atoms with E-state index in [2.05, 4.69) is 12.2 Å². The van der Waals surface area contributed by atoms with Crippen LogP contribution in [0.15, 0.2) is 0 Å². The molecule has 0 aromatic heterocycles. The lowest BCUT2D eigenvalue weighted by Crippen LogP contribution is -2.50. The van der Waals surface area contributed by atoms with E-state index in [0.29, 0.717) is 18.4 Å². The zero-order valence-electron chi connectivity index (χ0n) is 14.3. The van der Waals surface area contributed by atoms with Crippen LogP contribution in [0, 0.1) is 23.7 Å². The van der Waals surface area contributed by atoms with Gasteiger partial charge in [-0.05, 0) is 76.7 Å². The fourth-order valence-electron chi connectivity index (χ4n) is 4.64. The molecule has 3 fully saturated rings. The maximum absolute atomic E-state index is 12.5. The quantitative estimate of drug-likeness (QED) is 0.756. The van der Waals surface area contributed by atoms with Crippen molar-refractivity contribution in [1.82, 2.24) is 10.2 Å². The Kier molecular flexibility index (Phi) is 4.79. The summed E-state index contributed by atoms with van der Waals surface area (Å²) in [6.07, 6.45) is 7.44. The lowest BCUT2D eigenvalue weighted by molar-refractivity contribution is -0.127. The second-order valence-electron chi connectivity index (χ2n) is 8.16. The number of hydrogen-bond acceptors (Lipinski definition) is 3. The summed E-state index contributed by atoms with van der Waals surface area (Å²) >= 11 is 0. The first kappa shape index (κ1) is 16.3. The molecule has 0 aromatic carbocycles. The van der Waals surface area contributed by atoms with Crippen molar-refractivity contribution in [3.63, 3.8) is 0 Å². The topological polar surface area (TPSA) is 52.6 Å². The summed E-state index contributed by atoms with van der Waals surface area (Å²) in [6, 6.07) is 0.112. The third-order valence-electron chi connectivity index (χ3n) is 6.49. The highest BCUT2D eigenvalue weighted by Crippen LogP contribution is 2.49. The van der Waals surface area contributed by atoms with Crippen LogP contribution in [0.5, 0.6) is 0 Å². The predicted octanol–water partition coefficient (Wildman–Crippen LogP) is 2.02. The van der Waals surface area contributed by atoms with Crippen molar-refractivity contribution in [3.05, 3.63) is 0 Å². The number of fused-ring (bicyclic) bond motifs is 2. The molecule has 2 N–H and O–H groups in total. The fourth-order valence-corrected chi connectivity index (χ4v) is 4.64. The van der Waals surface area contributed by atoms with Gasteiger partial charge in [0.1, 0.15) is 0 Å². The number of nitrogens with one attached hydrogen (secondary N) is 1. The summed E-state index contributed by atoms with van der Waals surface area (Å²) in [5.74, 6) is 3.01. The Balaban J connectivity index is 1.45. The smallest absolute Gasteiger partial charge is 0.237 e. The van der Waals surface area contributed by atoms with Gasteiger partial charge in [-0.15, -0.1) is 0 Å². The van der Waals surface area contributed by atoms with E-state index in [1.807, 2.05) is 18.9 Å². The Morgan fingerprint density at radius 2 is 1.95 bits per heavy atom. The minimum atomic E-state index is -0.275. The Bertz CT molecular complexity index is 410. The third kappa shape index (κ3) is 3.48. The first-order valence-corrected chi connectivity index (χ1v) is 9.14. The molecule has 0 radical (unpaired) electrons. The minimum Gasteiger partial charge on any atom is -0.392 e. The molecule has 3 aliphatic carbocycles. The Morgan fingerprint density at radius 3 is 2.50 bits per heavy atom. The number of amides is 1. The van der Waals surface area contributed by atoms with Crippen molar-refractivity contribution in [1.29, 1.82) is 0 Å². The Labute approximate surface area is 134 Å². The number of rotatable bonds is 7. The van der Waals surface area contributed by atoms with E-state index >= 15 is 0 Å². The van der Waals surface area contributed by atoms with Gasteiger partial charge in [-0.25, -0.2) is 0 Å². The van der Waals surface area contributed by atoms with Gasteiger partial charge in [-0.3, -0.25) is 9.69 Å². The molecule has 1 amide bonds. The van der Waals surface area contributed by atoms with Gasteiger partial charge in [-0.2, -0.15) is 0 Å². The SMILES string of the molecule is CC(NC(=O)C(C)N(C)CC(O)C1CC1)C1CC2CCC1C2. The molecule has 3 saturated carbocycles. The fraction of sp³-hybridized carbons (Fsp3) is 0.944. The molecular weight excluding hydrogens is 276 g/mol. The monoisotopic (exact) mass is 308 g/mol. The largest absolute Gasteiger partial charge is 0.392 e. The molecule has 6 atom stereocenters. The molecule has 0 saturated heterocycles. The number of hydrogen-bond donors (Lipinski definition) is 2. The van der Waals surface area contributed by atoms with Crippen LogP contribution < -0.4 is 5.32 Å². The van der Waals surface area contributed by atoms with Gasteiger partial charge >= 0.3 is 0 Å². The number of likely N-dealkylation sites (N-methyl/N-ethyl adjacent to an activating group) is 1. The van der Waals surface area contributed by atoms with Crippen LogP contribution in [0.25, 0.3) is 0 Å². The molecule has 0 aromatic rings. The third-order valence-corrected chi connectivity index (χ3v) is 6.49. The average molecular weight is 308 g/mol. The summed E-state index contributed by atoms with van der Waals surface area (Å²) in [7, 11) is 1.94. The van der Waals surface area contributed by atoms with Crippen LogP contribution >= 0.6 is 0 Å². The lowest BCUT2D eigenvalue weighted by atomic mass is 9.84. The van der Waals surface area contributed by atoms with Crippen LogP contribution in [0.3, 0.4) is 0 Å². The molecule has 0 heterocycles. The lowest BCUT2D eigenvalue weighted by Gasteiger charge is -2.31. The highest BCUT2D eigenvalue weighted by molar-refractivity contribution is 5.81. The van der Waals surface area contributed by atoms with E-state index < -0.39 is 0 Å². The summed E-state index contributed by atoms with van der Waals surface area (Å²) in [5.41, 5.74) is 0. The van der Waals surface area contributed by atoms with Crippen LogP contribution in [-0.2, 0) is 4.79 Å². The molecule has 3 aliphatic rings. The predicted molar refractivity (Wildman–Crippen MR) is 87.4 cm³/mol. The van der Waals surface area contributed by atoms with Crippen molar-refractivity contribution >= 4 is 5.91 Å². The van der Waals surface area contributed by atoms with E-state index in [4.69, 9.17) is 0 Å². The highest BCUT2D eigenvalue weighted by atomic mass is 16.3. The van der Waals surface area contributed by atoms with Crippen molar-refractivity contribution in [2.75, 3.05) is 13.6 Å². The maximum Gasteiger partial charge on any atom is 0.237 e. The summed E-state index contributed by atoms with van der Waals surface area (Å²) in [6.45, 7) is 4.72. The summed E-state index contributed by atoms with van der Waals surface area (Å²) in [4.78, 5) is 14.5. The van der Waals surface area contributed by atoms with E-state index in [1.165, 1.54) is 25.7 Å². The van der Waals surface area contributed by atoms with Gasteiger partial charge in [0, 0.05) is 12.6 Å². The van der Waals surface area contributed by atoms with Crippen LogP contribution in [0.4, 0.5) is 0 Å². The summed E-state index contributed by atoms with van der Waals surface area (Å²) in [5, 5.41) is 13.3. The molecule has 126 valence electrons. The zero-order chi connectivity index (χ0) is 15.9. The van der Waals surface area contributed by atoms with Gasteiger partial charge in [0.15, 0.2) is 0 Å². The molecular formula is C18H32N2O2. The van der Waals surface area contributed by atoms with Crippen LogP contribution in [0.1, 0.15) is 52.4 Å². The van der Waals surface area contributed by atoms with E-state index in [-0.39, 0.29) is 24.1 Å². The van der Waals surface area contributed by atoms with Gasteiger partial charge in [0.25, 0.3) is 0 Å². The highest BCUT2D eigenvalue weighted by Gasteiger charge is 2.42. The average Bonchev–Trinajstić information content (AvgIpc) is 3.14. The summed E-state index contributed by atoms with van der Waals surface area (Å²) < 4.78 is 0. The van der Waals surface area contributed by atoms with E-state index in [1.54, 1.807) is 0 Å². The van der Waals surface area contributed by atoms with Gasteiger partial charge in [0.2, 0.25) is 5.91 Å². The standard InChI is InChI=1S/C18H32N2O2/c1-11(16-9-13-4-5-15(16)8-13)19-18(22)12(2)20(3)10-17(21)14-6-7-14/h11-17,21H,4-10H2,1-3H3,(H,19,22). The molecule has 4 nitrogen and oxygen atoms in total. The van der Waals surface area contributed by atoms with Gasteiger partial charge < -0.3 is 10.4 Å². The number of aliphatic hydroxyl groups is 1. The molecule has 22 heavy (non-hydrogen) atoms. The number of carbonyl (C=O) groups excluding carboxylic acids is 1. The Hall–Kier alpha value is -0.610. The first-order valence-electron chi connectivity index (χ1n) is 9.14. The minimum absolute atomic E-state index is 0.112. The maximum atomic E-state index is 12.5. The molecule has 2 bridgehead atoms. The number of nitrogens with zero attached hydrogens (tertiary/aromatic N) is 1. The van der Waals surface area contributed by atoms with Gasteiger partial charge in [-0.1, -0.05) is 6.42 Å². The molecule has 0 spiro atoms. The van der Waals surface area contributed by atoms with Gasteiger partial charge in [0.05, 0.1) is 12.1 Å². The molecule has 6 unspecified atom stereocenters. The van der Waals surface area contributed by atoms with Crippen LogP contribution in [0.2, 0.25) is 0 Å². The number of aliphatic hydroxyl groups excluding tert-OH is 1. The van der Waals surface area contributed by atoms with E-state index in [0.717, 1.165) is 24.7 Å². The second-order valence-corrected chi connectivity index (χ2v) is 8.16. The molecule has 0 aliphatic heterocycles. The molecule has 3 rings (SSSR count). The van der Waals surface area contributed by atoms with Crippen molar-refractivity contribution < 1.29 is 9.90 Å². The van der Waals surface area contributed by atoms with Crippen molar-refractivity contribution in [2.45, 2.75) is 70.6 Å². The molecule has 4 heteroatoms. The first-order chi connectivity index (χ1) is 10.5. The normalized spacial score (nSPS) is 34.7. The Morgan fingerprint density at radius 1 is 1.23 bits per heavy atom. The van der Waals surface area contributed by atoms with E-state index in [9.17, 15) is 9.90 Å². The zero-order valence-corrected chi connectivity index (χ0v) is 14.3. The number of carbonyl (C=O) groups is 1. The van der Waals surface area contributed by atoms with Crippen LogP contribution in [-0.4, -0.2) is 47.7 Å². The van der Waals surface area contributed by atoms with Crippen molar-refractivity contribution in [2.24, 2.45) is 23.7 Å².